The number of imidazole rings is 1. The van der Waals surface area contributed by atoms with Crippen molar-refractivity contribution in [2.75, 3.05) is 7.11 Å². The Kier molecular flexibility index (Phi) is 2.99. The first-order valence-electron chi connectivity index (χ1n) is 5.10. The van der Waals surface area contributed by atoms with Gasteiger partial charge >= 0.3 is 11.9 Å². The first-order chi connectivity index (χ1) is 8.56. The van der Waals surface area contributed by atoms with Crippen molar-refractivity contribution in [2.45, 2.75) is 6.04 Å². The smallest absolute Gasteiger partial charge is 0.358 e. The number of nitrogens with two attached hydrogens (primary N) is 1. The van der Waals surface area contributed by atoms with E-state index >= 15 is 0 Å². The van der Waals surface area contributed by atoms with Crippen LogP contribution in [0.3, 0.4) is 0 Å². The maximum Gasteiger partial charge on any atom is 0.358 e. The molecule has 3 N–H and O–H groups in total. The van der Waals surface area contributed by atoms with Crippen LogP contribution in [0.2, 0.25) is 0 Å². The molecule has 2 aromatic heterocycles. The van der Waals surface area contributed by atoms with E-state index in [-0.39, 0.29) is 11.5 Å². The van der Waals surface area contributed by atoms with E-state index in [9.17, 15) is 9.59 Å². The second-order valence-corrected chi connectivity index (χ2v) is 3.58. The van der Waals surface area contributed by atoms with Crippen LogP contribution in [0.25, 0.3) is 5.52 Å². The number of pyridine rings is 1. The zero-order valence-electron chi connectivity index (χ0n) is 9.53. The summed E-state index contributed by atoms with van der Waals surface area (Å²) in [5, 5.41) is 8.91. The van der Waals surface area contributed by atoms with E-state index < -0.39 is 18.0 Å². The molecule has 1 unspecified atom stereocenters. The van der Waals surface area contributed by atoms with Crippen molar-refractivity contribution >= 4 is 17.5 Å². The molecule has 7 nitrogen and oxygen atoms in total. The molecule has 7 heteroatoms. The van der Waals surface area contributed by atoms with Crippen LogP contribution in [0.15, 0.2) is 24.4 Å². The van der Waals surface area contributed by atoms with Crippen LogP contribution in [0.4, 0.5) is 0 Å². The van der Waals surface area contributed by atoms with E-state index in [1.54, 1.807) is 24.4 Å². The summed E-state index contributed by atoms with van der Waals surface area (Å²) < 4.78 is 6.06. The number of methoxy groups -OCH3 is 1. The van der Waals surface area contributed by atoms with Gasteiger partial charge < -0.3 is 20.0 Å². The van der Waals surface area contributed by atoms with Gasteiger partial charge in [-0.25, -0.2) is 9.78 Å². The average molecular weight is 249 g/mol. The minimum Gasteiger partial charge on any atom is -0.480 e. The third kappa shape index (κ3) is 1.80. The molecule has 0 radical (unpaired) electrons. The quantitative estimate of drug-likeness (QED) is 0.753. The normalized spacial score (nSPS) is 12.3. The van der Waals surface area contributed by atoms with Crippen LogP contribution >= 0.6 is 0 Å². The molecule has 0 bridgehead atoms. The number of aromatic nitrogens is 2. The van der Waals surface area contributed by atoms with Crippen molar-refractivity contribution in [3.8, 4) is 0 Å². The van der Waals surface area contributed by atoms with Gasteiger partial charge in [-0.3, -0.25) is 4.79 Å². The fourth-order valence-electron chi connectivity index (χ4n) is 1.64. The molecule has 94 valence electrons. The maximum atomic E-state index is 11.5. The number of esters is 1. The van der Waals surface area contributed by atoms with Crippen LogP contribution in [-0.2, 0) is 9.53 Å². The molecule has 0 fully saturated rings. The average Bonchev–Trinajstić information content (AvgIpc) is 2.76. The van der Waals surface area contributed by atoms with Gasteiger partial charge in [-0.1, -0.05) is 6.07 Å². The Bertz CT molecular complexity index is 620. The van der Waals surface area contributed by atoms with Crippen LogP contribution < -0.4 is 5.73 Å². The standard InChI is InChI=1S/C11H11N3O4/c1-18-11(17)8-6-4-2-3-5-14(6)9(13-8)7(12)10(15)16/h2-5,7H,12H2,1H3,(H,15,16). The van der Waals surface area contributed by atoms with Gasteiger partial charge in [0.2, 0.25) is 0 Å². The lowest BCUT2D eigenvalue weighted by molar-refractivity contribution is -0.138. The third-order valence-electron chi connectivity index (χ3n) is 2.50. The van der Waals surface area contributed by atoms with Crippen LogP contribution in [0.5, 0.6) is 0 Å². The Morgan fingerprint density at radius 1 is 1.50 bits per heavy atom. The number of hydrogen-bond acceptors (Lipinski definition) is 5. The molecule has 0 aromatic carbocycles. The number of hydrogen-bond donors (Lipinski definition) is 2. The summed E-state index contributed by atoms with van der Waals surface area (Å²) in [5.74, 6) is -1.77. The summed E-state index contributed by atoms with van der Waals surface area (Å²) in [4.78, 5) is 26.4. The number of ether oxygens (including phenoxy) is 1. The van der Waals surface area contributed by atoms with Gasteiger partial charge in [0.05, 0.1) is 12.6 Å². The summed E-state index contributed by atoms with van der Waals surface area (Å²) in [6.07, 6.45) is 1.59. The molecule has 0 saturated heterocycles. The molecule has 0 spiro atoms. The van der Waals surface area contributed by atoms with E-state index in [1.165, 1.54) is 11.5 Å². The van der Waals surface area contributed by atoms with Crippen LogP contribution in [-0.4, -0.2) is 33.5 Å². The molecule has 1 atom stereocenters. The Morgan fingerprint density at radius 3 is 2.83 bits per heavy atom. The van der Waals surface area contributed by atoms with Gasteiger partial charge in [-0.15, -0.1) is 0 Å². The predicted octanol–water partition coefficient (Wildman–Crippen LogP) is 0.205. The van der Waals surface area contributed by atoms with Crippen molar-refractivity contribution in [1.29, 1.82) is 0 Å². The van der Waals surface area contributed by atoms with Gasteiger partial charge in [-0.2, -0.15) is 0 Å². The maximum absolute atomic E-state index is 11.5. The second kappa shape index (κ2) is 4.46. The molecular formula is C11H11N3O4. The number of rotatable bonds is 3. The summed E-state index contributed by atoms with van der Waals surface area (Å²) in [6, 6.07) is 3.73. The lowest BCUT2D eigenvalue weighted by Crippen LogP contribution is -2.23. The van der Waals surface area contributed by atoms with Crippen molar-refractivity contribution in [3.63, 3.8) is 0 Å². The Labute approximate surface area is 102 Å². The summed E-state index contributed by atoms with van der Waals surface area (Å²) in [7, 11) is 1.23. The van der Waals surface area contributed by atoms with Gasteiger partial charge in [0.1, 0.15) is 5.82 Å². The molecule has 2 aromatic rings. The largest absolute Gasteiger partial charge is 0.480 e. The van der Waals surface area contributed by atoms with Crippen molar-refractivity contribution < 1.29 is 19.4 Å². The Hall–Kier alpha value is -2.41. The second-order valence-electron chi connectivity index (χ2n) is 3.58. The van der Waals surface area contributed by atoms with E-state index in [4.69, 9.17) is 10.8 Å². The first kappa shape index (κ1) is 12.1. The lowest BCUT2D eigenvalue weighted by Gasteiger charge is -2.04. The number of fused-ring (bicyclic) bond motifs is 1. The molecule has 2 rings (SSSR count). The Balaban J connectivity index is 2.68. The zero-order chi connectivity index (χ0) is 13.3. The van der Waals surface area contributed by atoms with E-state index in [2.05, 4.69) is 9.72 Å². The van der Waals surface area contributed by atoms with Gasteiger partial charge in [0, 0.05) is 6.20 Å². The van der Waals surface area contributed by atoms with Crippen molar-refractivity contribution in [3.05, 3.63) is 35.9 Å². The fraction of sp³-hybridized carbons (Fsp3) is 0.182. The van der Waals surface area contributed by atoms with Gasteiger partial charge in [0.15, 0.2) is 11.7 Å². The molecule has 18 heavy (non-hydrogen) atoms. The zero-order valence-corrected chi connectivity index (χ0v) is 9.53. The number of carboxylic acid groups (broad SMARTS) is 1. The van der Waals surface area contributed by atoms with Crippen molar-refractivity contribution in [1.82, 2.24) is 9.38 Å². The van der Waals surface area contributed by atoms with Gasteiger partial charge in [0.25, 0.3) is 0 Å². The number of nitrogens with zero attached hydrogens (tertiary/aromatic N) is 2. The van der Waals surface area contributed by atoms with E-state index in [1.807, 2.05) is 0 Å². The van der Waals surface area contributed by atoms with E-state index in [0.717, 1.165) is 0 Å². The number of carboxylic acids is 1. The number of carbonyl (C=O) groups is 2. The van der Waals surface area contributed by atoms with Crippen LogP contribution in [0.1, 0.15) is 22.4 Å². The summed E-state index contributed by atoms with van der Waals surface area (Å²) in [6.45, 7) is 0. The number of aliphatic carboxylic acids is 1. The molecule has 0 aliphatic rings. The highest BCUT2D eigenvalue weighted by Crippen LogP contribution is 2.18. The number of carbonyl (C=O) groups excluding carboxylic acids is 1. The molecule has 0 saturated carbocycles. The minimum absolute atomic E-state index is 0.0461. The SMILES string of the molecule is COC(=O)c1nc(C(N)C(=O)O)n2ccccc12. The molecule has 2 heterocycles. The van der Waals surface area contributed by atoms with Crippen molar-refractivity contribution in [2.24, 2.45) is 5.73 Å². The summed E-state index contributed by atoms with van der Waals surface area (Å²) >= 11 is 0. The summed E-state index contributed by atoms with van der Waals surface area (Å²) in [5.41, 5.74) is 6.02. The predicted molar refractivity (Wildman–Crippen MR) is 61.1 cm³/mol. The highest BCUT2D eigenvalue weighted by Gasteiger charge is 2.24. The molecule has 0 aliphatic heterocycles. The molecular weight excluding hydrogens is 238 g/mol. The first-order valence-corrected chi connectivity index (χ1v) is 5.10. The van der Waals surface area contributed by atoms with Crippen LogP contribution in [0, 0.1) is 0 Å². The monoisotopic (exact) mass is 249 g/mol. The fourth-order valence-corrected chi connectivity index (χ4v) is 1.64. The third-order valence-corrected chi connectivity index (χ3v) is 2.50. The van der Waals surface area contributed by atoms with E-state index in [0.29, 0.717) is 5.52 Å². The lowest BCUT2D eigenvalue weighted by atomic mass is 10.3. The molecule has 0 amide bonds. The molecule has 0 aliphatic carbocycles. The highest BCUT2D eigenvalue weighted by molar-refractivity contribution is 5.95. The van der Waals surface area contributed by atoms with Gasteiger partial charge in [-0.05, 0) is 12.1 Å². The minimum atomic E-state index is -1.31. The topological polar surface area (TPSA) is 107 Å². The highest BCUT2D eigenvalue weighted by atomic mass is 16.5. The Morgan fingerprint density at radius 2 is 2.22 bits per heavy atom.